The zero-order valence-electron chi connectivity index (χ0n) is 14.7. The number of nitrogens with one attached hydrogen (secondary N) is 1. The lowest BCUT2D eigenvalue weighted by Gasteiger charge is -2.30. The first kappa shape index (κ1) is 18.0. The number of carbonyl (C=O) groups excluding carboxylic acids is 1. The van der Waals surface area contributed by atoms with E-state index < -0.39 is 0 Å². The highest BCUT2D eigenvalue weighted by Gasteiger charge is 2.20. The number of carbonyl (C=O) groups is 1. The van der Waals surface area contributed by atoms with E-state index >= 15 is 0 Å². The summed E-state index contributed by atoms with van der Waals surface area (Å²) in [5, 5.41) is 3.03. The summed E-state index contributed by atoms with van der Waals surface area (Å²) in [6, 6.07) is 8.69. The largest absolute Gasteiger partial charge is 0.381 e. The molecular weight excluding hydrogens is 288 g/mol. The molecule has 1 N–H and O–H groups in total. The normalized spacial score (nSPS) is 16.7. The average molecular weight is 318 g/mol. The molecule has 0 aliphatic carbocycles. The molecule has 0 atom stereocenters. The molecule has 0 unspecified atom stereocenters. The summed E-state index contributed by atoms with van der Waals surface area (Å²) >= 11 is 0. The molecule has 0 bridgehead atoms. The fourth-order valence-corrected chi connectivity index (χ4v) is 2.98. The van der Waals surface area contributed by atoms with Gasteiger partial charge in [0.1, 0.15) is 0 Å². The molecule has 2 rings (SSSR count). The number of ether oxygens (including phenoxy) is 1. The maximum Gasteiger partial charge on any atom is 0.234 e. The van der Waals surface area contributed by atoms with Crippen molar-refractivity contribution in [3.8, 4) is 0 Å². The molecule has 1 fully saturated rings. The van der Waals surface area contributed by atoms with E-state index in [1.165, 1.54) is 11.1 Å². The Morgan fingerprint density at radius 1 is 1.26 bits per heavy atom. The number of piperidine rings is 1. The summed E-state index contributed by atoms with van der Waals surface area (Å²) in [6.45, 7) is 7.50. The molecule has 4 heteroatoms. The Kier molecular flexibility index (Phi) is 7.06. The van der Waals surface area contributed by atoms with E-state index in [0.29, 0.717) is 25.1 Å². The predicted octanol–water partition coefficient (Wildman–Crippen LogP) is 2.58. The van der Waals surface area contributed by atoms with E-state index in [0.717, 1.165) is 32.4 Å². The van der Waals surface area contributed by atoms with Crippen molar-refractivity contribution in [1.29, 1.82) is 0 Å². The number of hydrogen-bond acceptors (Lipinski definition) is 3. The van der Waals surface area contributed by atoms with Crippen molar-refractivity contribution in [2.24, 2.45) is 0 Å². The Bertz CT molecular complexity index is 477. The van der Waals surface area contributed by atoms with E-state index in [9.17, 15) is 4.79 Å². The van der Waals surface area contributed by atoms with Crippen LogP contribution in [-0.2, 0) is 16.0 Å². The molecule has 0 radical (unpaired) electrons. The number of rotatable bonds is 7. The molecule has 128 valence electrons. The minimum absolute atomic E-state index is 0.125. The molecular formula is C19H30N2O2. The zero-order chi connectivity index (χ0) is 16.7. The van der Waals surface area contributed by atoms with Crippen LogP contribution in [0.2, 0.25) is 0 Å². The van der Waals surface area contributed by atoms with Gasteiger partial charge in [0.2, 0.25) is 5.91 Å². The van der Waals surface area contributed by atoms with Crippen LogP contribution >= 0.6 is 0 Å². The SMILES string of the molecule is COC1CCN(CC(=O)NCCc2ccc(C(C)C)cc2)CC1. The van der Waals surface area contributed by atoms with E-state index in [2.05, 4.69) is 48.3 Å². The maximum absolute atomic E-state index is 12.0. The third-order valence-electron chi connectivity index (χ3n) is 4.62. The van der Waals surface area contributed by atoms with Crippen molar-refractivity contribution in [2.75, 3.05) is 33.3 Å². The highest BCUT2D eigenvalue weighted by molar-refractivity contribution is 5.78. The van der Waals surface area contributed by atoms with Crippen molar-refractivity contribution < 1.29 is 9.53 Å². The summed E-state index contributed by atoms with van der Waals surface area (Å²) in [6.07, 6.45) is 3.29. The fraction of sp³-hybridized carbons (Fsp3) is 0.632. The van der Waals surface area contributed by atoms with E-state index in [1.54, 1.807) is 7.11 Å². The Hall–Kier alpha value is -1.39. The van der Waals surface area contributed by atoms with Gasteiger partial charge in [0, 0.05) is 26.7 Å². The van der Waals surface area contributed by atoms with E-state index in [1.807, 2.05) is 0 Å². The summed E-state index contributed by atoms with van der Waals surface area (Å²) in [4.78, 5) is 14.2. The third kappa shape index (κ3) is 5.96. The van der Waals surface area contributed by atoms with Gasteiger partial charge in [-0.05, 0) is 36.3 Å². The second-order valence-electron chi connectivity index (χ2n) is 6.71. The molecule has 4 nitrogen and oxygen atoms in total. The fourth-order valence-electron chi connectivity index (χ4n) is 2.98. The van der Waals surface area contributed by atoms with Gasteiger partial charge in [-0.2, -0.15) is 0 Å². The van der Waals surface area contributed by atoms with Crippen LogP contribution in [0, 0.1) is 0 Å². The predicted molar refractivity (Wildman–Crippen MR) is 93.7 cm³/mol. The average Bonchev–Trinajstić information content (AvgIpc) is 2.56. The van der Waals surface area contributed by atoms with Crippen LogP contribution in [0.1, 0.15) is 43.7 Å². The zero-order valence-corrected chi connectivity index (χ0v) is 14.7. The Morgan fingerprint density at radius 2 is 1.91 bits per heavy atom. The Labute approximate surface area is 140 Å². The number of amides is 1. The van der Waals surface area contributed by atoms with Gasteiger partial charge in [-0.15, -0.1) is 0 Å². The molecule has 0 saturated carbocycles. The van der Waals surface area contributed by atoms with Crippen LogP contribution in [0.5, 0.6) is 0 Å². The van der Waals surface area contributed by atoms with Crippen LogP contribution in [-0.4, -0.2) is 50.2 Å². The van der Waals surface area contributed by atoms with Gasteiger partial charge in [-0.25, -0.2) is 0 Å². The molecule has 1 aliphatic rings. The minimum atomic E-state index is 0.125. The lowest BCUT2D eigenvalue weighted by atomic mass is 10.0. The van der Waals surface area contributed by atoms with Gasteiger partial charge in [-0.3, -0.25) is 9.69 Å². The first-order chi connectivity index (χ1) is 11.1. The van der Waals surface area contributed by atoms with E-state index in [-0.39, 0.29) is 5.91 Å². The molecule has 1 saturated heterocycles. The molecule has 0 spiro atoms. The van der Waals surface area contributed by atoms with Crippen molar-refractivity contribution in [3.63, 3.8) is 0 Å². The number of nitrogens with zero attached hydrogens (tertiary/aromatic N) is 1. The Morgan fingerprint density at radius 3 is 2.48 bits per heavy atom. The Balaban J connectivity index is 1.65. The van der Waals surface area contributed by atoms with Gasteiger partial charge >= 0.3 is 0 Å². The molecule has 1 amide bonds. The van der Waals surface area contributed by atoms with Crippen molar-refractivity contribution >= 4 is 5.91 Å². The van der Waals surface area contributed by atoms with Gasteiger partial charge in [0.05, 0.1) is 12.6 Å². The maximum atomic E-state index is 12.0. The highest BCUT2D eigenvalue weighted by Crippen LogP contribution is 2.15. The lowest BCUT2D eigenvalue weighted by molar-refractivity contribution is -0.122. The highest BCUT2D eigenvalue weighted by atomic mass is 16.5. The second-order valence-corrected chi connectivity index (χ2v) is 6.71. The summed E-state index contributed by atoms with van der Waals surface area (Å²) in [5.74, 6) is 0.686. The number of methoxy groups -OCH3 is 1. The van der Waals surface area contributed by atoms with Crippen molar-refractivity contribution in [2.45, 2.75) is 45.1 Å². The smallest absolute Gasteiger partial charge is 0.234 e. The molecule has 1 aliphatic heterocycles. The van der Waals surface area contributed by atoms with Gasteiger partial charge in [0.25, 0.3) is 0 Å². The third-order valence-corrected chi connectivity index (χ3v) is 4.62. The van der Waals surface area contributed by atoms with Crippen LogP contribution in [0.15, 0.2) is 24.3 Å². The second kappa shape index (κ2) is 9.04. The monoisotopic (exact) mass is 318 g/mol. The van der Waals surface area contributed by atoms with Gasteiger partial charge < -0.3 is 10.1 Å². The first-order valence-corrected chi connectivity index (χ1v) is 8.69. The molecule has 0 aromatic heterocycles. The topological polar surface area (TPSA) is 41.6 Å². The van der Waals surface area contributed by atoms with Gasteiger partial charge in [0.15, 0.2) is 0 Å². The van der Waals surface area contributed by atoms with Crippen molar-refractivity contribution in [3.05, 3.63) is 35.4 Å². The van der Waals surface area contributed by atoms with Crippen LogP contribution in [0.4, 0.5) is 0 Å². The molecule has 1 aromatic rings. The van der Waals surface area contributed by atoms with E-state index in [4.69, 9.17) is 4.74 Å². The summed E-state index contributed by atoms with van der Waals surface area (Å²) < 4.78 is 5.35. The van der Waals surface area contributed by atoms with Crippen LogP contribution < -0.4 is 5.32 Å². The summed E-state index contributed by atoms with van der Waals surface area (Å²) in [5.41, 5.74) is 2.63. The van der Waals surface area contributed by atoms with Crippen LogP contribution in [0.3, 0.4) is 0 Å². The van der Waals surface area contributed by atoms with Gasteiger partial charge in [-0.1, -0.05) is 38.1 Å². The number of likely N-dealkylation sites (tertiary alicyclic amines) is 1. The number of hydrogen-bond donors (Lipinski definition) is 1. The molecule has 23 heavy (non-hydrogen) atoms. The lowest BCUT2D eigenvalue weighted by Crippen LogP contribution is -2.43. The molecule has 1 aromatic carbocycles. The first-order valence-electron chi connectivity index (χ1n) is 8.69. The van der Waals surface area contributed by atoms with Crippen molar-refractivity contribution in [1.82, 2.24) is 10.2 Å². The minimum Gasteiger partial charge on any atom is -0.381 e. The number of benzene rings is 1. The standard InChI is InChI=1S/C19H30N2O2/c1-15(2)17-6-4-16(5-7-17)8-11-20-19(22)14-21-12-9-18(23-3)10-13-21/h4-7,15,18H,8-14H2,1-3H3,(H,20,22). The van der Waals surface area contributed by atoms with Crippen LogP contribution in [0.25, 0.3) is 0 Å². The molecule has 1 heterocycles. The summed E-state index contributed by atoms with van der Waals surface area (Å²) in [7, 11) is 1.76. The quantitative estimate of drug-likeness (QED) is 0.840.